The first-order valence-corrected chi connectivity index (χ1v) is 5.96. The quantitative estimate of drug-likeness (QED) is 0.436. The first-order valence-electron chi connectivity index (χ1n) is 5.33. The van der Waals surface area contributed by atoms with Crippen molar-refractivity contribution in [1.82, 2.24) is 0 Å². The molecule has 0 spiro atoms. The topological polar surface area (TPSA) is 35.5 Å². The van der Waals surface area contributed by atoms with Gasteiger partial charge in [0.1, 0.15) is 12.0 Å². The summed E-state index contributed by atoms with van der Waals surface area (Å²) in [5.74, 6) is 0.377. The van der Waals surface area contributed by atoms with E-state index in [-0.39, 0.29) is 23.6 Å². The van der Waals surface area contributed by atoms with E-state index in [0.717, 1.165) is 6.42 Å². The second kappa shape index (κ2) is 2.80. The van der Waals surface area contributed by atoms with Crippen molar-refractivity contribution in [2.75, 3.05) is 12.4 Å². The van der Waals surface area contributed by atoms with Gasteiger partial charge < -0.3 is 9.47 Å². The number of rotatable bonds is 2. The van der Waals surface area contributed by atoms with Gasteiger partial charge in [-0.3, -0.25) is 4.79 Å². The second-order valence-electron chi connectivity index (χ2n) is 4.58. The van der Waals surface area contributed by atoms with E-state index in [1.54, 1.807) is 0 Å². The number of esters is 1. The smallest absolute Gasteiger partial charge is 0.316 e. The third kappa shape index (κ3) is 0.795. The lowest BCUT2D eigenvalue weighted by molar-refractivity contribution is -0.148. The Hall–Kier alpha value is -0.480. The molecule has 82 valence electrons. The molecule has 3 aliphatic heterocycles. The van der Waals surface area contributed by atoms with Crippen molar-refractivity contribution >= 4 is 18.6 Å². The molecule has 0 amide bonds. The number of thiol groups is 1. The summed E-state index contributed by atoms with van der Waals surface area (Å²) in [6.07, 6.45) is 4.85. The van der Waals surface area contributed by atoms with Crippen molar-refractivity contribution in [3.63, 3.8) is 0 Å². The van der Waals surface area contributed by atoms with Crippen LogP contribution in [0.5, 0.6) is 0 Å². The Bertz CT molecular complexity index is 354. The third-order valence-electron chi connectivity index (χ3n) is 4.38. The fourth-order valence-corrected chi connectivity index (χ4v) is 3.99. The molecule has 3 nitrogen and oxygen atoms in total. The SMILES string of the molecule is CCC12COC(=O)C1(CS)C1C=CC2O1. The van der Waals surface area contributed by atoms with Crippen LogP contribution in [0.15, 0.2) is 12.2 Å². The number of carbonyl (C=O) groups excluding carboxylic acids is 1. The molecule has 4 heteroatoms. The van der Waals surface area contributed by atoms with Crippen LogP contribution in [0, 0.1) is 10.8 Å². The zero-order valence-corrected chi connectivity index (χ0v) is 9.50. The van der Waals surface area contributed by atoms with E-state index in [1.807, 2.05) is 6.08 Å². The summed E-state index contributed by atoms with van der Waals surface area (Å²) < 4.78 is 11.1. The van der Waals surface area contributed by atoms with Crippen LogP contribution < -0.4 is 0 Å². The largest absolute Gasteiger partial charge is 0.464 e. The van der Waals surface area contributed by atoms with Crippen LogP contribution in [0.25, 0.3) is 0 Å². The molecule has 0 N–H and O–H groups in total. The van der Waals surface area contributed by atoms with Crippen molar-refractivity contribution in [1.29, 1.82) is 0 Å². The minimum Gasteiger partial charge on any atom is -0.464 e. The van der Waals surface area contributed by atoms with Crippen molar-refractivity contribution in [3.05, 3.63) is 12.2 Å². The van der Waals surface area contributed by atoms with Crippen LogP contribution in [-0.4, -0.2) is 30.5 Å². The molecule has 0 aromatic rings. The van der Waals surface area contributed by atoms with Crippen molar-refractivity contribution in [2.45, 2.75) is 25.6 Å². The number of hydrogen-bond acceptors (Lipinski definition) is 4. The Morgan fingerprint density at radius 3 is 2.87 bits per heavy atom. The van der Waals surface area contributed by atoms with Gasteiger partial charge in [0.05, 0.1) is 17.6 Å². The van der Waals surface area contributed by atoms with Crippen LogP contribution in [0.2, 0.25) is 0 Å². The highest BCUT2D eigenvalue weighted by molar-refractivity contribution is 7.80. The van der Waals surface area contributed by atoms with Crippen LogP contribution in [0.1, 0.15) is 13.3 Å². The van der Waals surface area contributed by atoms with Crippen LogP contribution in [0.4, 0.5) is 0 Å². The zero-order chi connectivity index (χ0) is 10.7. The molecule has 0 aromatic carbocycles. The molecule has 0 saturated carbocycles. The van der Waals surface area contributed by atoms with Gasteiger partial charge in [-0.05, 0) is 6.42 Å². The van der Waals surface area contributed by atoms with Gasteiger partial charge in [0.25, 0.3) is 0 Å². The lowest BCUT2D eigenvalue weighted by Gasteiger charge is -2.38. The Labute approximate surface area is 94.2 Å². The standard InChI is InChI=1S/C11H14O3S/c1-2-10-5-13-9(12)11(10,6-15)8-4-3-7(10)14-8/h3-4,7-8,15H,2,5-6H2,1H3. The molecule has 4 unspecified atom stereocenters. The van der Waals surface area contributed by atoms with Crippen LogP contribution >= 0.6 is 12.6 Å². The molecule has 3 aliphatic rings. The second-order valence-corrected chi connectivity index (χ2v) is 4.89. The van der Waals surface area contributed by atoms with E-state index in [9.17, 15) is 4.79 Å². The molecule has 2 fully saturated rings. The van der Waals surface area contributed by atoms with Gasteiger partial charge in [-0.15, -0.1) is 0 Å². The van der Waals surface area contributed by atoms with E-state index in [1.165, 1.54) is 0 Å². The molecule has 4 atom stereocenters. The monoisotopic (exact) mass is 226 g/mol. The maximum atomic E-state index is 12.0. The van der Waals surface area contributed by atoms with Gasteiger partial charge in [-0.1, -0.05) is 19.1 Å². The van der Waals surface area contributed by atoms with E-state index in [0.29, 0.717) is 12.4 Å². The molecule has 3 rings (SSSR count). The highest BCUT2D eigenvalue weighted by Gasteiger charge is 2.74. The Morgan fingerprint density at radius 1 is 1.53 bits per heavy atom. The molecule has 0 aliphatic carbocycles. The van der Waals surface area contributed by atoms with E-state index in [2.05, 4.69) is 25.6 Å². The van der Waals surface area contributed by atoms with Crippen molar-refractivity contribution in [3.8, 4) is 0 Å². The predicted molar refractivity (Wildman–Crippen MR) is 57.8 cm³/mol. The number of ether oxygens (including phenoxy) is 2. The summed E-state index contributed by atoms with van der Waals surface area (Å²) in [5.41, 5.74) is -0.713. The van der Waals surface area contributed by atoms with E-state index < -0.39 is 5.41 Å². The fraction of sp³-hybridized carbons (Fsp3) is 0.727. The van der Waals surface area contributed by atoms with Gasteiger partial charge in [0.15, 0.2) is 0 Å². The zero-order valence-electron chi connectivity index (χ0n) is 8.60. The molecular formula is C11H14O3S. The minimum atomic E-state index is -0.537. The maximum absolute atomic E-state index is 12.0. The average Bonchev–Trinajstić information content (AvgIpc) is 2.89. The van der Waals surface area contributed by atoms with Gasteiger partial charge in [-0.25, -0.2) is 0 Å². The number of cyclic esters (lactones) is 1. The number of hydrogen-bond donors (Lipinski definition) is 1. The molecule has 3 heterocycles. The Balaban J connectivity index is 2.18. The van der Waals surface area contributed by atoms with Gasteiger partial charge in [-0.2, -0.15) is 12.6 Å². The number of fused-ring (bicyclic) bond motifs is 5. The normalized spacial score (nSPS) is 50.9. The van der Waals surface area contributed by atoms with Gasteiger partial charge in [0, 0.05) is 5.75 Å². The summed E-state index contributed by atoms with van der Waals surface area (Å²) in [5, 5.41) is 0. The first-order chi connectivity index (χ1) is 7.21. The summed E-state index contributed by atoms with van der Waals surface area (Å²) in [4.78, 5) is 12.0. The minimum absolute atomic E-state index is 0.0334. The maximum Gasteiger partial charge on any atom is 0.316 e. The molecular weight excluding hydrogens is 212 g/mol. The van der Waals surface area contributed by atoms with Crippen LogP contribution in [0.3, 0.4) is 0 Å². The van der Waals surface area contributed by atoms with Crippen molar-refractivity contribution < 1.29 is 14.3 Å². The molecule has 0 aromatic heterocycles. The Kier molecular flexibility index (Phi) is 1.81. The Morgan fingerprint density at radius 2 is 2.27 bits per heavy atom. The average molecular weight is 226 g/mol. The summed E-state index contributed by atoms with van der Waals surface area (Å²) in [6, 6.07) is 0. The summed E-state index contributed by atoms with van der Waals surface area (Å²) >= 11 is 4.37. The fourth-order valence-electron chi connectivity index (χ4n) is 3.37. The van der Waals surface area contributed by atoms with Crippen molar-refractivity contribution in [2.24, 2.45) is 10.8 Å². The lowest BCUT2D eigenvalue weighted by Crippen LogP contribution is -2.50. The van der Waals surface area contributed by atoms with Gasteiger partial charge in [0.2, 0.25) is 0 Å². The highest BCUT2D eigenvalue weighted by atomic mass is 32.1. The third-order valence-corrected chi connectivity index (χ3v) is 4.88. The lowest BCUT2D eigenvalue weighted by atomic mass is 9.59. The highest BCUT2D eigenvalue weighted by Crippen LogP contribution is 2.62. The molecule has 2 saturated heterocycles. The summed E-state index contributed by atoms with van der Waals surface area (Å²) in [6.45, 7) is 2.58. The van der Waals surface area contributed by atoms with Gasteiger partial charge >= 0.3 is 5.97 Å². The van der Waals surface area contributed by atoms with E-state index in [4.69, 9.17) is 9.47 Å². The predicted octanol–water partition coefficient (Wildman–Crippen LogP) is 1.19. The molecule has 2 bridgehead atoms. The number of carbonyl (C=O) groups is 1. The molecule has 15 heavy (non-hydrogen) atoms. The van der Waals surface area contributed by atoms with E-state index >= 15 is 0 Å². The first kappa shape index (κ1) is 9.73. The molecule has 0 radical (unpaired) electrons. The van der Waals surface area contributed by atoms with Crippen LogP contribution in [-0.2, 0) is 14.3 Å². The summed E-state index contributed by atoms with van der Waals surface area (Å²) in [7, 11) is 0.